The predicted octanol–water partition coefficient (Wildman–Crippen LogP) is 5.48. The maximum absolute atomic E-state index is 13.2. The number of carbonyl (C=O) groups is 2. The topological polar surface area (TPSA) is 67.9 Å². The second kappa shape index (κ2) is 9.96. The Kier molecular flexibility index (Phi) is 6.84. The Bertz CT molecular complexity index is 1110. The lowest BCUT2D eigenvalue weighted by Crippen LogP contribution is -2.55. The molecule has 1 fully saturated rings. The van der Waals surface area contributed by atoms with E-state index in [1.807, 2.05) is 48.5 Å². The monoisotopic (exact) mass is 464 g/mol. The summed E-state index contributed by atoms with van der Waals surface area (Å²) in [7, 11) is 3.22. The zero-order valence-corrected chi connectivity index (χ0v) is 19.2. The maximum Gasteiger partial charge on any atom is 0.233 e. The number of methoxy groups -OCH3 is 2. The van der Waals surface area contributed by atoms with Gasteiger partial charge in [0.05, 0.1) is 26.2 Å². The third-order valence-electron chi connectivity index (χ3n) is 5.83. The molecule has 0 aliphatic carbocycles. The smallest absolute Gasteiger partial charge is 0.233 e. The summed E-state index contributed by atoms with van der Waals surface area (Å²) in [5.41, 5.74) is 2.47. The first kappa shape index (κ1) is 22.7. The molecule has 0 saturated carbocycles. The number of hydrogen-bond donors (Lipinski definition) is 1. The Morgan fingerprint density at radius 1 is 0.909 bits per heavy atom. The Labute approximate surface area is 198 Å². The lowest BCUT2D eigenvalue weighted by Gasteiger charge is -2.47. The van der Waals surface area contributed by atoms with Gasteiger partial charge in [0.25, 0.3) is 0 Å². The van der Waals surface area contributed by atoms with Crippen LogP contribution in [-0.2, 0) is 9.59 Å². The van der Waals surface area contributed by atoms with Crippen LogP contribution in [-0.4, -0.2) is 26.0 Å². The fourth-order valence-electron chi connectivity index (χ4n) is 4.09. The number of nitrogens with zero attached hydrogens (tertiary/aromatic N) is 1. The largest absolute Gasteiger partial charge is 0.497 e. The fourth-order valence-corrected chi connectivity index (χ4v) is 4.21. The average molecular weight is 465 g/mol. The molecule has 3 aromatic carbocycles. The number of β-lactam (4-membered cyclic amide) rings is 1. The minimum absolute atomic E-state index is 0.000257. The van der Waals surface area contributed by atoms with Crippen LogP contribution in [0.5, 0.6) is 11.5 Å². The predicted molar refractivity (Wildman–Crippen MR) is 129 cm³/mol. The number of hydrogen-bond acceptors (Lipinski definition) is 4. The van der Waals surface area contributed by atoms with Crippen molar-refractivity contribution in [2.75, 3.05) is 24.4 Å². The second-order valence-corrected chi connectivity index (χ2v) is 8.26. The molecule has 3 aromatic rings. The van der Waals surface area contributed by atoms with Crippen molar-refractivity contribution >= 4 is 34.8 Å². The quantitative estimate of drug-likeness (QED) is 0.448. The maximum atomic E-state index is 13.2. The summed E-state index contributed by atoms with van der Waals surface area (Å²) in [6.07, 6.45) is 0.684. The third kappa shape index (κ3) is 4.96. The summed E-state index contributed by atoms with van der Waals surface area (Å²) in [6, 6.07) is 21.9. The van der Waals surface area contributed by atoms with Gasteiger partial charge in [-0.3, -0.25) is 9.59 Å². The highest BCUT2D eigenvalue weighted by Crippen LogP contribution is 2.46. The van der Waals surface area contributed by atoms with Crippen LogP contribution in [0.2, 0.25) is 5.02 Å². The summed E-state index contributed by atoms with van der Waals surface area (Å²) < 4.78 is 10.5. The van der Waals surface area contributed by atoms with Crippen molar-refractivity contribution in [3.63, 3.8) is 0 Å². The number of carbonyl (C=O) groups excluding carboxylic acids is 2. The van der Waals surface area contributed by atoms with Gasteiger partial charge in [-0.1, -0.05) is 23.7 Å². The highest BCUT2D eigenvalue weighted by Gasteiger charge is 2.48. The Balaban J connectivity index is 1.50. The van der Waals surface area contributed by atoms with Crippen LogP contribution in [0.15, 0.2) is 72.8 Å². The molecule has 1 heterocycles. The Morgan fingerprint density at radius 2 is 1.48 bits per heavy atom. The minimum Gasteiger partial charge on any atom is -0.497 e. The zero-order valence-electron chi connectivity index (χ0n) is 18.5. The van der Waals surface area contributed by atoms with Crippen molar-refractivity contribution in [2.24, 2.45) is 5.92 Å². The van der Waals surface area contributed by atoms with Gasteiger partial charge in [0.2, 0.25) is 11.8 Å². The summed E-state index contributed by atoms with van der Waals surface area (Å²) in [5.74, 6) is 1.04. The molecule has 1 aliphatic heterocycles. The van der Waals surface area contributed by atoms with Crippen molar-refractivity contribution in [2.45, 2.75) is 18.9 Å². The Hall–Kier alpha value is -3.51. The molecular formula is C26H25ClN2O4. The lowest BCUT2D eigenvalue weighted by atomic mass is 9.79. The molecule has 6 nitrogen and oxygen atoms in total. The van der Waals surface area contributed by atoms with Crippen molar-refractivity contribution in [1.29, 1.82) is 0 Å². The number of benzene rings is 3. The van der Waals surface area contributed by atoms with Crippen molar-refractivity contribution in [3.05, 3.63) is 83.4 Å². The van der Waals surface area contributed by atoms with Crippen LogP contribution in [0.1, 0.15) is 24.4 Å². The molecule has 0 aromatic heterocycles. The van der Waals surface area contributed by atoms with E-state index in [1.54, 1.807) is 43.4 Å². The third-order valence-corrected chi connectivity index (χ3v) is 6.08. The van der Waals surface area contributed by atoms with E-state index < -0.39 is 0 Å². The highest BCUT2D eigenvalue weighted by atomic mass is 35.5. The van der Waals surface area contributed by atoms with E-state index >= 15 is 0 Å². The standard InChI is InChI=1S/C26H25ClN2O4/c1-32-21-11-3-17(4-12-21)25-23(15-16-24(30)28-19-7-5-18(27)6-8-19)26(31)29(25)20-9-13-22(33-2)14-10-20/h3-14,23,25H,15-16H2,1-2H3,(H,28,30)/t23-,25-/m1/s1. The number of amides is 2. The lowest BCUT2D eigenvalue weighted by molar-refractivity contribution is -0.131. The highest BCUT2D eigenvalue weighted by molar-refractivity contribution is 6.30. The molecule has 1 N–H and O–H groups in total. The molecule has 2 amide bonds. The van der Waals surface area contributed by atoms with E-state index in [2.05, 4.69) is 5.32 Å². The van der Waals surface area contributed by atoms with E-state index in [0.717, 1.165) is 22.7 Å². The SMILES string of the molecule is COc1ccc([C@@H]2[C@@H](CCC(=O)Nc3ccc(Cl)cc3)C(=O)N2c2ccc(OC)cc2)cc1. The van der Waals surface area contributed by atoms with E-state index in [4.69, 9.17) is 21.1 Å². The molecule has 0 spiro atoms. The number of anilines is 2. The van der Waals surface area contributed by atoms with Gasteiger partial charge in [-0.2, -0.15) is 0 Å². The van der Waals surface area contributed by atoms with E-state index in [-0.39, 0.29) is 30.2 Å². The molecular weight excluding hydrogens is 440 g/mol. The van der Waals surface area contributed by atoms with Gasteiger partial charge in [-0.25, -0.2) is 0 Å². The molecule has 0 bridgehead atoms. The van der Waals surface area contributed by atoms with Gasteiger partial charge < -0.3 is 19.7 Å². The van der Waals surface area contributed by atoms with E-state index in [1.165, 1.54) is 0 Å². The molecule has 4 rings (SSSR count). The van der Waals surface area contributed by atoms with Crippen LogP contribution in [0, 0.1) is 5.92 Å². The molecule has 1 aliphatic rings. The molecule has 0 unspecified atom stereocenters. The normalized spacial score (nSPS) is 17.3. The van der Waals surface area contributed by atoms with Crippen LogP contribution < -0.4 is 19.7 Å². The molecule has 0 radical (unpaired) electrons. The summed E-state index contributed by atoms with van der Waals surface area (Å²) in [4.78, 5) is 27.4. The molecule has 1 saturated heterocycles. The summed E-state index contributed by atoms with van der Waals surface area (Å²) >= 11 is 5.90. The van der Waals surface area contributed by atoms with E-state index in [9.17, 15) is 9.59 Å². The van der Waals surface area contributed by atoms with Gasteiger partial charge in [-0.05, 0) is 72.6 Å². The number of nitrogens with one attached hydrogen (secondary N) is 1. The average Bonchev–Trinajstić information content (AvgIpc) is 2.84. The zero-order chi connectivity index (χ0) is 23.4. The van der Waals surface area contributed by atoms with Gasteiger partial charge in [0.15, 0.2) is 0 Å². The second-order valence-electron chi connectivity index (χ2n) is 7.82. The summed E-state index contributed by atoms with van der Waals surface area (Å²) in [6.45, 7) is 0. The number of rotatable bonds is 8. The first-order valence-corrected chi connectivity index (χ1v) is 11.0. The van der Waals surface area contributed by atoms with Crippen LogP contribution in [0.4, 0.5) is 11.4 Å². The molecule has 7 heteroatoms. The van der Waals surface area contributed by atoms with Gasteiger partial charge in [0.1, 0.15) is 11.5 Å². The van der Waals surface area contributed by atoms with Crippen molar-refractivity contribution < 1.29 is 19.1 Å². The van der Waals surface area contributed by atoms with Crippen LogP contribution in [0.25, 0.3) is 0 Å². The van der Waals surface area contributed by atoms with Gasteiger partial charge in [-0.15, -0.1) is 0 Å². The fraction of sp³-hybridized carbons (Fsp3) is 0.231. The van der Waals surface area contributed by atoms with Crippen LogP contribution >= 0.6 is 11.6 Å². The number of halogens is 1. The van der Waals surface area contributed by atoms with Gasteiger partial charge in [0, 0.05) is 22.8 Å². The molecule has 33 heavy (non-hydrogen) atoms. The first-order valence-electron chi connectivity index (χ1n) is 10.7. The Morgan fingerprint density at radius 3 is 2.06 bits per heavy atom. The van der Waals surface area contributed by atoms with E-state index in [0.29, 0.717) is 17.1 Å². The minimum atomic E-state index is -0.295. The van der Waals surface area contributed by atoms with Crippen molar-refractivity contribution in [1.82, 2.24) is 0 Å². The summed E-state index contributed by atoms with van der Waals surface area (Å²) in [5, 5.41) is 3.47. The molecule has 170 valence electrons. The van der Waals surface area contributed by atoms with Crippen LogP contribution in [0.3, 0.4) is 0 Å². The first-order chi connectivity index (χ1) is 16.0. The number of ether oxygens (including phenoxy) is 2. The van der Waals surface area contributed by atoms with Gasteiger partial charge >= 0.3 is 0 Å². The molecule has 2 atom stereocenters. The van der Waals surface area contributed by atoms with Crippen molar-refractivity contribution in [3.8, 4) is 11.5 Å².